The first-order valence-electron chi connectivity index (χ1n) is 7.52. The van der Waals surface area contributed by atoms with E-state index in [4.69, 9.17) is 23.2 Å². The maximum absolute atomic E-state index is 13.3. The van der Waals surface area contributed by atoms with Crippen molar-refractivity contribution < 1.29 is 4.39 Å². The van der Waals surface area contributed by atoms with Crippen molar-refractivity contribution in [2.75, 3.05) is 0 Å². The number of hydrogen-bond donors (Lipinski definition) is 2. The molecule has 1 unspecified atom stereocenters. The quantitative estimate of drug-likeness (QED) is 0.651. The fourth-order valence-electron chi connectivity index (χ4n) is 2.59. The second-order valence-corrected chi connectivity index (χ2v) is 6.39. The van der Waals surface area contributed by atoms with E-state index in [2.05, 4.69) is 15.3 Å². The van der Waals surface area contributed by atoms with Crippen molar-refractivity contribution in [1.29, 1.82) is 0 Å². The fraction of sp³-hybridized carbons (Fsp3) is 0.167. The van der Waals surface area contributed by atoms with Crippen molar-refractivity contribution in [3.63, 3.8) is 0 Å². The minimum atomic E-state index is -0.245. The molecule has 6 heteroatoms. The smallest absolute Gasteiger partial charge is 0.123 e. The van der Waals surface area contributed by atoms with Crippen LogP contribution >= 0.6 is 23.2 Å². The Hall–Kier alpha value is -1.88. The van der Waals surface area contributed by atoms with Gasteiger partial charge in [0, 0.05) is 29.0 Å². The number of nitrogens with one attached hydrogen (secondary N) is 2. The molecule has 3 aromatic rings. The Balaban J connectivity index is 1.76. The minimum Gasteiger partial charge on any atom is -0.347 e. The van der Waals surface area contributed by atoms with Gasteiger partial charge in [-0.05, 0) is 47.9 Å². The number of hydrogen-bond acceptors (Lipinski definition) is 2. The molecule has 3 nitrogen and oxygen atoms in total. The van der Waals surface area contributed by atoms with Gasteiger partial charge in [0.25, 0.3) is 0 Å². The lowest BCUT2D eigenvalue weighted by Crippen LogP contribution is -2.24. The Labute approximate surface area is 149 Å². The summed E-state index contributed by atoms with van der Waals surface area (Å²) in [4.78, 5) is 7.45. The summed E-state index contributed by atoms with van der Waals surface area (Å²) in [6, 6.07) is 11.9. The number of H-pyrrole nitrogens is 1. The van der Waals surface area contributed by atoms with Gasteiger partial charge >= 0.3 is 0 Å². The number of imidazole rings is 1. The zero-order chi connectivity index (χ0) is 16.9. The molecule has 0 aliphatic heterocycles. The van der Waals surface area contributed by atoms with Gasteiger partial charge in [-0.3, -0.25) is 0 Å². The molecule has 0 amide bonds. The summed E-state index contributed by atoms with van der Waals surface area (Å²) in [5.41, 5.74) is 1.87. The molecular weight excluding hydrogens is 348 g/mol. The van der Waals surface area contributed by atoms with Crippen molar-refractivity contribution in [3.8, 4) is 0 Å². The van der Waals surface area contributed by atoms with E-state index in [1.54, 1.807) is 24.5 Å². The lowest BCUT2D eigenvalue weighted by atomic mass is 10.0. The molecule has 0 spiro atoms. The maximum atomic E-state index is 13.3. The molecule has 0 fully saturated rings. The monoisotopic (exact) mass is 363 g/mol. The van der Waals surface area contributed by atoms with Crippen LogP contribution in [0.2, 0.25) is 10.0 Å². The van der Waals surface area contributed by atoms with Crippen LogP contribution in [-0.2, 0) is 13.0 Å². The van der Waals surface area contributed by atoms with Gasteiger partial charge in [0.05, 0.1) is 6.04 Å². The van der Waals surface area contributed by atoms with Crippen molar-refractivity contribution in [2.24, 2.45) is 0 Å². The summed E-state index contributed by atoms with van der Waals surface area (Å²) >= 11 is 12.2. The summed E-state index contributed by atoms with van der Waals surface area (Å²) in [5.74, 6) is 0.563. The Bertz CT molecular complexity index is 786. The van der Waals surface area contributed by atoms with Gasteiger partial charge in [0.2, 0.25) is 0 Å². The number of aromatic nitrogens is 2. The number of benzene rings is 2. The van der Waals surface area contributed by atoms with Gasteiger partial charge in [-0.1, -0.05) is 35.3 Å². The predicted molar refractivity (Wildman–Crippen MR) is 94.7 cm³/mol. The molecule has 0 saturated heterocycles. The average molecular weight is 364 g/mol. The van der Waals surface area contributed by atoms with E-state index in [1.165, 1.54) is 12.1 Å². The van der Waals surface area contributed by atoms with E-state index in [0.29, 0.717) is 23.0 Å². The number of halogens is 3. The molecule has 2 N–H and O–H groups in total. The van der Waals surface area contributed by atoms with Gasteiger partial charge in [0.1, 0.15) is 11.6 Å². The lowest BCUT2D eigenvalue weighted by Gasteiger charge is -2.17. The van der Waals surface area contributed by atoms with Crippen LogP contribution in [0.25, 0.3) is 0 Å². The van der Waals surface area contributed by atoms with E-state index in [0.717, 1.165) is 17.0 Å². The molecule has 124 valence electrons. The summed E-state index contributed by atoms with van der Waals surface area (Å²) in [7, 11) is 0. The molecule has 0 aliphatic carbocycles. The molecule has 1 aromatic heterocycles. The van der Waals surface area contributed by atoms with Gasteiger partial charge in [-0.2, -0.15) is 0 Å². The highest BCUT2D eigenvalue weighted by Crippen LogP contribution is 2.23. The van der Waals surface area contributed by atoms with Crippen molar-refractivity contribution in [1.82, 2.24) is 15.3 Å². The predicted octanol–water partition coefficient (Wildman–Crippen LogP) is 4.93. The highest BCUT2D eigenvalue weighted by atomic mass is 35.5. The Kier molecular flexibility index (Phi) is 5.51. The molecule has 2 aromatic carbocycles. The van der Waals surface area contributed by atoms with Crippen LogP contribution in [0.5, 0.6) is 0 Å². The van der Waals surface area contributed by atoms with Crippen LogP contribution in [0.1, 0.15) is 23.0 Å². The average Bonchev–Trinajstić information content (AvgIpc) is 3.05. The third-order valence-electron chi connectivity index (χ3n) is 3.65. The van der Waals surface area contributed by atoms with Crippen LogP contribution in [0, 0.1) is 5.82 Å². The van der Waals surface area contributed by atoms with Crippen molar-refractivity contribution in [3.05, 3.63) is 87.7 Å². The molecule has 0 aliphatic rings. The van der Waals surface area contributed by atoms with E-state index < -0.39 is 0 Å². The van der Waals surface area contributed by atoms with Gasteiger partial charge in [-0.25, -0.2) is 9.37 Å². The highest BCUT2D eigenvalue weighted by Gasteiger charge is 2.15. The van der Waals surface area contributed by atoms with E-state index in [9.17, 15) is 4.39 Å². The van der Waals surface area contributed by atoms with Crippen molar-refractivity contribution >= 4 is 23.2 Å². The standard InChI is InChI=1S/C18H16Cl2FN3/c19-14-6-13(7-15(20)10-14)9-17(18-22-4-5-23-18)24-11-12-2-1-3-16(21)8-12/h1-8,10,17,24H,9,11H2,(H,22,23). The van der Waals surface area contributed by atoms with E-state index in [1.807, 2.05) is 18.2 Å². The molecule has 24 heavy (non-hydrogen) atoms. The zero-order valence-corrected chi connectivity index (χ0v) is 14.3. The van der Waals surface area contributed by atoms with Gasteiger partial charge in [-0.15, -0.1) is 0 Å². The number of rotatable bonds is 6. The highest BCUT2D eigenvalue weighted by molar-refractivity contribution is 6.34. The maximum Gasteiger partial charge on any atom is 0.123 e. The minimum absolute atomic E-state index is 0.0715. The molecular formula is C18H16Cl2FN3. The molecule has 1 heterocycles. The van der Waals surface area contributed by atoms with Crippen LogP contribution in [0.3, 0.4) is 0 Å². The Morgan fingerprint density at radius 1 is 1.08 bits per heavy atom. The molecule has 3 rings (SSSR count). The van der Waals surface area contributed by atoms with E-state index in [-0.39, 0.29) is 11.9 Å². The molecule has 0 bridgehead atoms. The first kappa shape index (κ1) is 17.0. The molecule has 0 saturated carbocycles. The van der Waals surface area contributed by atoms with Crippen molar-refractivity contribution in [2.45, 2.75) is 19.0 Å². The SMILES string of the molecule is Fc1cccc(CNC(Cc2cc(Cl)cc(Cl)c2)c2ncc[nH]2)c1. The second kappa shape index (κ2) is 7.79. The lowest BCUT2D eigenvalue weighted by molar-refractivity contribution is 0.507. The zero-order valence-electron chi connectivity index (χ0n) is 12.8. The number of aromatic amines is 1. The fourth-order valence-corrected chi connectivity index (χ4v) is 3.16. The first-order chi connectivity index (χ1) is 11.6. The van der Waals surface area contributed by atoms with Crippen LogP contribution in [0.4, 0.5) is 4.39 Å². The Morgan fingerprint density at radius 3 is 2.54 bits per heavy atom. The summed E-state index contributed by atoms with van der Waals surface area (Å²) in [6.07, 6.45) is 4.14. The molecule has 0 radical (unpaired) electrons. The number of nitrogens with zero attached hydrogens (tertiary/aromatic N) is 1. The van der Waals surface area contributed by atoms with Gasteiger partial charge in [0.15, 0.2) is 0 Å². The first-order valence-corrected chi connectivity index (χ1v) is 8.28. The second-order valence-electron chi connectivity index (χ2n) is 5.52. The topological polar surface area (TPSA) is 40.7 Å². The molecule has 1 atom stereocenters. The van der Waals surface area contributed by atoms with Crippen LogP contribution in [-0.4, -0.2) is 9.97 Å². The summed E-state index contributed by atoms with van der Waals surface area (Å²) in [5, 5.41) is 4.60. The van der Waals surface area contributed by atoms with Crippen LogP contribution < -0.4 is 5.32 Å². The normalized spacial score (nSPS) is 12.3. The third kappa shape index (κ3) is 4.57. The summed E-state index contributed by atoms with van der Waals surface area (Å²) < 4.78 is 13.3. The van der Waals surface area contributed by atoms with Gasteiger partial charge < -0.3 is 10.3 Å². The third-order valence-corrected chi connectivity index (χ3v) is 4.09. The van der Waals surface area contributed by atoms with Crippen LogP contribution in [0.15, 0.2) is 54.9 Å². The summed E-state index contributed by atoms with van der Waals surface area (Å²) in [6.45, 7) is 0.525. The Morgan fingerprint density at radius 2 is 1.88 bits per heavy atom. The largest absolute Gasteiger partial charge is 0.347 e. The van der Waals surface area contributed by atoms with E-state index >= 15 is 0 Å².